The summed E-state index contributed by atoms with van der Waals surface area (Å²) in [5, 5.41) is 0.849. The molecule has 0 bridgehead atoms. The van der Waals surface area contributed by atoms with Crippen LogP contribution < -0.4 is 0 Å². The number of nitrogens with zero attached hydrogens (tertiary/aromatic N) is 4. The van der Waals surface area contributed by atoms with E-state index in [9.17, 15) is 0 Å². The van der Waals surface area contributed by atoms with Crippen molar-refractivity contribution in [3.8, 4) is 0 Å². The first kappa shape index (κ1) is 16.4. The number of furan rings is 1. The van der Waals surface area contributed by atoms with Gasteiger partial charge in [0.1, 0.15) is 11.8 Å². The third-order valence-electron chi connectivity index (χ3n) is 4.34. The number of rotatable bonds is 6. The van der Waals surface area contributed by atoms with Crippen LogP contribution in [0.15, 0.2) is 46.7 Å². The van der Waals surface area contributed by atoms with E-state index in [4.69, 9.17) is 4.42 Å². The minimum Gasteiger partial charge on any atom is -0.467 e. The van der Waals surface area contributed by atoms with Gasteiger partial charge in [0.2, 0.25) is 0 Å². The molecular formula is C18H21N5OS. The summed E-state index contributed by atoms with van der Waals surface area (Å²) in [7, 11) is 0. The van der Waals surface area contributed by atoms with Gasteiger partial charge in [-0.1, -0.05) is 18.7 Å². The SMILES string of the molecule is CCCSc1ncc(CN2CCc3[nH]cnc3[C@@H]2c2ccco2)cn1. The molecule has 0 saturated carbocycles. The van der Waals surface area contributed by atoms with E-state index in [-0.39, 0.29) is 6.04 Å². The van der Waals surface area contributed by atoms with E-state index >= 15 is 0 Å². The number of aromatic amines is 1. The van der Waals surface area contributed by atoms with E-state index in [0.717, 1.165) is 53.9 Å². The van der Waals surface area contributed by atoms with Gasteiger partial charge >= 0.3 is 0 Å². The summed E-state index contributed by atoms with van der Waals surface area (Å²) in [6.07, 6.45) is 9.44. The molecule has 1 aliphatic heterocycles. The van der Waals surface area contributed by atoms with Crippen LogP contribution in [0.4, 0.5) is 0 Å². The van der Waals surface area contributed by atoms with Crippen molar-refractivity contribution in [2.45, 2.75) is 37.5 Å². The van der Waals surface area contributed by atoms with Crippen LogP contribution in [0.3, 0.4) is 0 Å². The Balaban J connectivity index is 1.55. The second-order valence-electron chi connectivity index (χ2n) is 6.13. The molecule has 7 heteroatoms. The zero-order valence-corrected chi connectivity index (χ0v) is 15.0. The molecule has 25 heavy (non-hydrogen) atoms. The molecule has 0 unspecified atom stereocenters. The minimum absolute atomic E-state index is 0.0270. The van der Waals surface area contributed by atoms with Gasteiger partial charge in [-0.15, -0.1) is 0 Å². The van der Waals surface area contributed by atoms with Crippen LogP contribution in [0, 0.1) is 0 Å². The Labute approximate surface area is 151 Å². The molecule has 4 rings (SSSR count). The Kier molecular flexibility index (Phi) is 4.85. The fourth-order valence-corrected chi connectivity index (χ4v) is 3.82. The maximum atomic E-state index is 5.70. The van der Waals surface area contributed by atoms with Gasteiger partial charge in [0.15, 0.2) is 5.16 Å². The van der Waals surface area contributed by atoms with Gasteiger partial charge in [-0.2, -0.15) is 0 Å². The van der Waals surface area contributed by atoms with Crippen molar-refractivity contribution < 1.29 is 4.42 Å². The number of fused-ring (bicyclic) bond motifs is 1. The van der Waals surface area contributed by atoms with E-state index in [1.54, 1.807) is 24.4 Å². The van der Waals surface area contributed by atoms with Crippen LogP contribution in [-0.2, 0) is 13.0 Å². The smallest absolute Gasteiger partial charge is 0.187 e. The number of hydrogen-bond acceptors (Lipinski definition) is 6. The number of imidazole rings is 1. The maximum Gasteiger partial charge on any atom is 0.187 e. The number of thioether (sulfide) groups is 1. The van der Waals surface area contributed by atoms with Gasteiger partial charge in [-0.05, 0) is 18.6 Å². The molecule has 130 valence electrons. The van der Waals surface area contributed by atoms with Crippen LogP contribution in [0.25, 0.3) is 0 Å². The van der Waals surface area contributed by atoms with Gasteiger partial charge in [-0.25, -0.2) is 15.0 Å². The second-order valence-corrected chi connectivity index (χ2v) is 7.19. The molecule has 0 spiro atoms. The lowest BCUT2D eigenvalue weighted by Gasteiger charge is -2.33. The zero-order chi connectivity index (χ0) is 17.1. The number of nitrogens with one attached hydrogen (secondary N) is 1. The predicted molar refractivity (Wildman–Crippen MR) is 96.3 cm³/mol. The largest absolute Gasteiger partial charge is 0.467 e. The fraction of sp³-hybridized carbons (Fsp3) is 0.389. The molecule has 3 aromatic heterocycles. The van der Waals surface area contributed by atoms with Crippen LogP contribution >= 0.6 is 11.8 Å². The number of hydrogen-bond donors (Lipinski definition) is 1. The lowest BCUT2D eigenvalue weighted by Crippen LogP contribution is -2.35. The van der Waals surface area contributed by atoms with E-state index in [0.29, 0.717) is 0 Å². The second kappa shape index (κ2) is 7.41. The summed E-state index contributed by atoms with van der Waals surface area (Å²) < 4.78 is 5.70. The predicted octanol–water partition coefficient (Wildman–Crippen LogP) is 3.44. The normalized spacial score (nSPS) is 17.6. The zero-order valence-electron chi connectivity index (χ0n) is 14.2. The first-order valence-corrected chi connectivity index (χ1v) is 9.57. The van der Waals surface area contributed by atoms with Gasteiger partial charge in [0.25, 0.3) is 0 Å². The molecule has 0 aromatic carbocycles. The topological polar surface area (TPSA) is 70.8 Å². The highest BCUT2D eigenvalue weighted by atomic mass is 32.2. The molecule has 1 aliphatic rings. The molecule has 0 fully saturated rings. The highest BCUT2D eigenvalue weighted by molar-refractivity contribution is 7.99. The third kappa shape index (κ3) is 3.48. The molecule has 0 saturated heterocycles. The Bertz CT molecular complexity index is 799. The summed E-state index contributed by atoms with van der Waals surface area (Å²) in [5.41, 5.74) is 3.36. The quantitative estimate of drug-likeness (QED) is 0.539. The minimum atomic E-state index is 0.0270. The molecular weight excluding hydrogens is 334 g/mol. The molecule has 4 heterocycles. The van der Waals surface area contributed by atoms with Crippen LogP contribution in [0.2, 0.25) is 0 Å². The molecule has 1 atom stereocenters. The van der Waals surface area contributed by atoms with E-state index < -0.39 is 0 Å². The Hall–Kier alpha value is -2.12. The van der Waals surface area contributed by atoms with Crippen LogP contribution in [0.1, 0.15) is 42.1 Å². The number of H-pyrrole nitrogens is 1. The first-order valence-electron chi connectivity index (χ1n) is 8.58. The van der Waals surface area contributed by atoms with E-state index in [1.807, 2.05) is 24.5 Å². The molecule has 3 aromatic rings. The van der Waals surface area contributed by atoms with Crippen LogP contribution in [0.5, 0.6) is 0 Å². The van der Waals surface area contributed by atoms with Crippen molar-refractivity contribution in [2.75, 3.05) is 12.3 Å². The van der Waals surface area contributed by atoms with Gasteiger partial charge < -0.3 is 9.40 Å². The lowest BCUT2D eigenvalue weighted by molar-refractivity contribution is 0.179. The monoisotopic (exact) mass is 355 g/mol. The van der Waals surface area contributed by atoms with Crippen molar-refractivity contribution in [2.24, 2.45) is 0 Å². The number of aromatic nitrogens is 4. The molecule has 0 amide bonds. The van der Waals surface area contributed by atoms with Gasteiger partial charge in [0.05, 0.1) is 18.3 Å². The van der Waals surface area contributed by atoms with E-state index in [2.05, 4.69) is 31.8 Å². The van der Waals surface area contributed by atoms with Crippen molar-refractivity contribution >= 4 is 11.8 Å². The van der Waals surface area contributed by atoms with Gasteiger partial charge in [-0.3, -0.25) is 4.90 Å². The first-order chi connectivity index (χ1) is 12.3. The highest BCUT2D eigenvalue weighted by Crippen LogP contribution is 2.34. The van der Waals surface area contributed by atoms with E-state index in [1.165, 1.54) is 5.69 Å². The van der Waals surface area contributed by atoms with Gasteiger partial charge in [0, 0.05) is 48.9 Å². The average Bonchev–Trinajstić information content (AvgIpc) is 3.32. The summed E-state index contributed by atoms with van der Waals surface area (Å²) in [6.45, 7) is 3.87. The maximum absolute atomic E-state index is 5.70. The molecule has 6 nitrogen and oxygen atoms in total. The van der Waals surface area contributed by atoms with Crippen molar-refractivity contribution in [3.05, 3.63) is 59.8 Å². The standard InChI is InChI=1S/C18H21N5OS/c1-2-8-25-18-19-9-13(10-20-18)11-23-6-5-14-16(22-12-21-14)17(23)15-4-3-7-24-15/h3-4,7,9-10,12,17H,2,5-6,8,11H2,1H3,(H,21,22)/t17-/m0/s1. The third-order valence-corrected chi connectivity index (χ3v) is 5.42. The van der Waals surface area contributed by atoms with Crippen LogP contribution in [-0.4, -0.2) is 37.1 Å². The Morgan fingerprint density at radius 2 is 2.20 bits per heavy atom. The highest BCUT2D eigenvalue weighted by Gasteiger charge is 2.32. The summed E-state index contributed by atoms with van der Waals surface area (Å²) in [4.78, 5) is 19.1. The lowest BCUT2D eigenvalue weighted by atomic mass is 10.00. The molecule has 1 N–H and O–H groups in total. The van der Waals surface area contributed by atoms with Crippen molar-refractivity contribution in [3.63, 3.8) is 0 Å². The fourth-order valence-electron chi connectivity index (χ4n) is 3.18. The Morgan fingerprint density at radius 1 is 1.32 bits per heavy atom. The summed E-state index contributed by atoms with van der Waals surface area (Å²) >= 11 is 1.70. The molecule has 0 aliphatic carbocycles. The summed E-state index contributed by atoms with van der Waals surface area (Å²) in [6, 6.07) is 3.97. The molecule has 0 radical (unpaired) electrons. The van der Waals surface area contributed by atoms with Crippen molar-refractivity contribution in [1.29, 1.82) is 0 Å². The summed E-state index contributed by atoms with van der Waals surface area (Å²) in [5.74, 6) is 1.97. The Morgan fingerprint density at radius 3 is 2.96 bits per heavy atom. The van der Waals surface area contributed by atoms with Crippen molar-refractivity contribution in [1.82, 2.24) is 24.8 Å². The average molecular weight is 355 g/mol.